The van der Waals surface area contributed by atoms with Gasteiger partial charge in [0.05, 0.1) is 0 Å². The normalized spacial score (nSPS) is 10.1. The molecule has 0 saturated carbocycles. The van der Waals surface area contributed by atoms with Gasteiger partial charge in [-0.25, -0.2) is 4.79 Å². The Morgan fingerprint density at radius 2 is 1.55 bits per heavy atom. The Hall–Kier alpha value is -2.29. The van der Waals surface area contributed by atoms with Gasteiger partial charge in [-0.1, -0.05) is 61.5 Å². The molecule has 0 heterocycles. The van der Waals surface area contributed by atoms with E-state index in [9.17, 15) is 4.79 Å². The number of benzene rings is 2. The summed E-state index contributed by atoms with van der Waals surface area (Å²) < 4.78 is 0. The van der Waals surface area contributed by atoms with Crippen LogP contribution < -0.4 is 10.6 Å². The molecule has 2 amide bonds. The average molecular weight is 268 g/mol. The highest BCUT2D eigenvalue weighted by Gasteiger charge is 2.00. The van der Waals surface area contributed by atoms with Gasteiger partial charge in [-0.15, -0.1) is 0 Å². The van der Waals surface area contributed by atoms with E-state index in [1.807, 2.05) is 37.3 Å². The van der Waals surface area contributed by atoms with Crippen molar-refractivity contribution in [2.24, 2.45) is 0 Å². The van der Waals surface area contributed by atoms with Crippen LogP contribution in [0, 0.1) is 0 Å². The van der Waals surface area contributed by atoms with Crippen molar-refractivity contribution in [2.45, 2.75) is 19.9 Å². The molecule has 0 aliphatic heterocycles. The van der Waals surface area contributed by atoms with Crippen LogP contribution in [0.2, 0.25) is 0 Å². The Labute approximate surface area is 120 Å². The summed E-state index contributed by atoms with van der Waals surface area (Å²) in [7, 11) is 0. The minimum atomic E-state index is -0.112. The third-order valence-corrected chi connectivity index (χ3v) is 3.05. The van der Waals surface area contributed by atoms with E-state index >= 15 is 0 Å². The molecule has 0 aliphatic rings. The number of amides is 2. The minimum absolute atomic E-state index is 0.112. The molecule has 0 spiro atoms. The molecule has 0 aromatic heterocycles. The Bertz CT molecular complexity index is 535. The third-order valence-electron chi connectivity index (χ3n) is 3.05. The summed E-state index contributed by atoms with van der Waals surface area (Å²) >= 11 is 0. The summed E-state index contributed by atoms with van der Waals surface area (Å²) in [4.78, 5) is 11.4. The van der Waals surface area contributed by atoms with Crippen LogP contribution in [0.4, 0.5) is 4.79 Å². The van der Waals surface area contributed by atoms with E-state index in [2.05, 4.69) is 34.9 Å². The molecule has 0 saturated heterocycles. The zero-order chi connectivity index (χ0) is 14.2. The van der Waals surface area contributed by atoms with Crippen LogP contribution in [0.1, 0.15) is 18.9 Å². The third kappa shape index (κ3) is 4.12. The Kier molecular flexibility index (Phi) is 5.18. The summed E-state index contributed by atoms with van der Waals surface area (Å²) in [6.45, 7) is 3.28. The molecule has 104 valence electrons. The van der Waals surface area contributed by atoms with E-state index in [0.717, 1.165) is 12.0 Å². The molecule has 2 aromatic carbocycles. The van der Waals surface area contributed by atoms with Gasteiger partial charge in [0.25, 0.3) is 0 Å². The molecule has 2 N–H and O–H groups in total. The van der Waals surface area contributed by atoms with E-state index in [-0.39, 0.29) is 6.03 Å². The lowest BCUT2D eigenvalue weighted by molar-refractivity contribution is 0.240. The zero-order valence-corrected chi connectivity index (χ0v) is 11.7. The Morgan fingerprint density at radius 3 is 2.20 bits per heavy atom. The summed E-state index contributed by atoms with van der Waals surface area (Å²) in [6.07, 6.45) is 0.944. The van der Waals surface area contributed by atoms with E-state index < -0.39 is 0 Å². The molecule has 20 heavy (non-hydrogen) atoms. The highest BCUT2D eigenvalue weighted by Crippen LogP contribution is 2.19. The fourth-order valence-corrected chi connectivity index (χ4v) is 1.93. The maximum atomic E-state index is 11.4. The number of carbonyl (C=O) groups is 1. The van der Waals surface area contributed by atoms with Crippen molar-refractivity contribution < 1.29 is 4.79 Å². The van der Waals surface area contributed by atoms with E-state index in [1.165, 1.54) is 11.1 Å². The lowest BCUT2D eigenvalue weighted by Crippen LogP contribution is -2.35. The molecular weight excluding hydrogens is 248 g/mol. The van der Waals surface area contributed by atoms with Crippen LogP contribution in [0.3, 0.4) is 0 Å². The van der Waals surface area contributed by atoms with E-state index in [0.29, 0.717) is 13.1 Å². The number of carbonyl (C=O) groups excluding carboxylic acids is 1. The van der Waals surface area contributed by atoms with Crippen molar-refractivity contribution in [1.29, 1.82) is 0 Å². The largest absolute Gasteiger partial charge is 0.338 e. The molecule has 0 unspecified atom stereocenters. The van der Waals surface area contributed by atoms with Gasteiger partial charge in [0, 0.05) is 13.1 Å². The highest BCUT2D eigenvalue weighted by molar-refractivity contribution is 5.73. The van der Waals surface area contributed by atoms with Crippen LogP contribution in [0.25, 0.3) is 11.1 Å². The second-order valence-electron chi connectivity index (χ2n) is 4.67. The summed E-state index contributed by atoms with van der Waals surface area (Å²) in [5, 5.41) is 5.63. The second kappa shape index (κ2) is 7.34. The van der Waals surface area contributed by atoms with Gasteiger partial charge in [-0.2, -0.15) is 0 Å². The highest BCUT2D eigenvalue weighted by atomic mass is 16.2. The number of urea groups is 1. The first kappa shape index (κ1) is 14.1. The average Bonchev–Trinajstić information content (AvgIpc) is 2.52. The Balaban J connectivity index is 1.90. The molecular formula is C17H20N2O. The van der Waals surface area contributed by atoms with Crippen LogP contribution in [-0.4, -0.2) is 12.6 Å². The summed E-state index contributed by atoms with van der Waals surface area (Å²) in [6, 6.07) is 18.4. The van der Waals surface area contributed by atoms with Gasteiger partial charge in [0.2, 0.25) is 0 Å². The molecule has 0 radical (unpaired) electrons. The van der Waals surface area contributed by atoms with Crippen molar-refractivity contribution in [3.05, 3.63) is 60.2 Å². The number of hydrogen-bond acceptors (Lipinski definition) is 1. The van der Waals surface area contributed by atoms with Gasteiger partial charge in [-0.3, -0.25) is 0 Å². The quantitative estimate of drug-likeness (QED) is 0.855. The van der Waals surface area contributed by atoms with E-state index in [4.69, 9.17) is 0 Å². The minimum Gasteiger partial charge on any atom is -0.338 e. The predicted octanol–water partition coefficient (Wildman–Crippen LogP) is 3.56. The smallest absolute Gasteiger partial charge is 0.315 e. The predicted molar refractivity (Wildman–Crippen MR) is 82.4 cm³/mol. The monoisotopic (exact) mass is 268 g/mol. The topological polar surface area (TPSA) is 41.1 Å². The maximum absolute atomic E-state index is 11.4. The molecule has 2 rings (SSSR count). The molecule has 0 atom stereocenters. The first-order chi connectivity index (χ1) is 9.79. The maximum Gasteiger partial charge on any atom is 0.315 e. The van der Waals surface area contributed by atoms with Crippen molar-refractivity contribution in [3.63, 3.8) is 0 Å². The van der Waals surface area contributed by atoms with Gasteiger partial charge in [0.15, 0.2) is 0 Å². The van der Waals surface area contributed by atoms with Crippen LogP contribution >= 0.6 is 0 Å². The fourth-order valence-electron chi connectivity index (χ4n) is 1.93. The molecule has 3 nitrogen and oxygen atoms in total. The van der Waals surface area contributed by atoms with Crippen LogP contribution in [-0.2, 0) is 6.54 Å². The summed E-state index contributed by atoms with van der Waals surface area (Å²) in [5.41, 5.74) is 3.48. The van der Waals surface area contributed by atoms with Gasteiger partial charge in [0.1, 0.15) is 0 Å². The molecule has 0 fully saturated rings. The number of rotatable bonds is 5. The molecule has 0 bridgehead atoms. The lowest BCUT2D eigenvalue weighted by Gasteiger charge is -2.07. The number of hydrogen-bond donors (Lipinski definition) is 2. The van der Waals surface area contributed by atoms with Crippen molar-refractivity contribution in [3.8, 4) is 11.1 Å². The lowest BCUT2D eigenvalue weighted by atomic mass is 10.0. The van der Waals surface area contributed by atoms with Gasteiger partial charge in [-0.05, 0) is 23.1 Å². The van der Waals surface area contributed by atoms with E-state index in [1.54, 1.807) is 0 Å². The van der Waals surface area contributed by atoms with Gasteiger partial charge < -0.3 is 10.6 Å². The SMILES string of the molecule is CCCNC(=O)NCc1ccc(-c2ccccc2)cc1. The van der Waals surface area contributed by atoms with Crippen molar-refractivity contribution >= 4 is 6.03 Å². The first-order valence-electron chi connectivity index (χ1n) is 6.95. The second-order valence-corrected chi connectivity index (χ2v) is 4.67. The standard InChI is InChI=1S/C17H20N2O/c1-2-12-18-17(20)19-13-14-8-10-16(11-9-14)15-6-4-3-5-7-15/h3-11H,2,12-13H2,1H3,(H2,18,19,20). The van der Waals surface area contributed by atoms with Gasteiger partial charge >= 0.3 is 6.03 Å². The van der Waals surface area contributed by atoms with Crippen molar-refractivity contribution in [2.75, 3.05) is 6.54 Å². The molecule has 2 aromatic rings. The van der Waals surface area contributed by atoms with Crippen LogP contribution in [0.15, 0.2) is 54.6 Å². The first-order valence-corrected chi connectivity index (χ1v) is 6.95. The van der Waals surface area contributed by atoms with Crippen LogP contribution in [0.5, 0.6) is 0 Å². The molecule has 0 aliphatic carbocycles. The fraction of sp³-hybridized carbons (Fsp3) is 0.235. The number of nitrogens with one attached hydrogen (secondary N) is 2. The molecule has 3 heteroatoms. The Morgan fingerprint density at radius 1 is 0.900 bits per heavy atom. The summed E-state index contributed by atoms with van der Waals surface area (Å²) in [5.74, 6) is 0. The van der Waals surface area contributed by atoms with Crippen molar-refractivity contribution in [1.82, 2.24) is 10.6 Å². The zero-order valence-electron chi connectivity index (χ0n) is 11.7.